The second kappa shape index (κ2) is 12.2. The van der Waals surface area contributed by atoms with Crippen molar-refractivity contribution >= 4 is 23.9 Å². The highest BCUT2D eigenvalue weighted by Crippen LogP contribution is 2.07. The molecule has 1 heterocycles. The number of unbranched alkanes of at least 4 members (excludes halogenated alkanes) is 1. The summed E-state index contributed by atoms with van der Waals surface area (Å²) in [4.78, 5) is 36.5. The highest BCUT2D eigenvalue weighted by molar-refractivity contribution is 5.96. The standard InChI is InChI=1S/C22H27N3O5/c23-13-5-4-10-18(22(28)29)25-21(27)19(15-16-7-2-1-3-8-16)24-20(26)12-11-17-9-6-14-30-17/h1-3,6-9,11-12,14,18-19H,4-5,10,13,15,23H2,(H,24,26)(H,25,27)(H,28,29)/b12-11+/t18-,19-/m0/s1. The Kier molecular flexibility index (Phi) is 9.33. The quantitative estimate of drug-likeness (QED) is 0.323. The molecule has 0 fully saturated rings. The lowest BCUT2D eigenvalue weighted by Gasteiger charge is -2.24. The molecule has 160 valence electrons. The predicted octanol–water partition coefficient (Wildman–Crippen LogP) is -0.333. The van der Waals surface area contributed by atoms with E-state index >= 15 is 0 Å². The lowest BCUT2D eigenvalue weighted by Crippen LogP contribution is -2.55. The minimum atomic E-state index is -1.35. The molecular weight excluding hydrogens is 386 g/mol. The van der Waals surface area contributed by atoms with Crippen LogP contribution in [0.5, 0.6) is 0 Å². The van der Waals surface area contributed by atoms with Crippen molar-refractivity contribution < 1.29 is 29.6 Å². The van der Waals surface area contributed by atoms with Crippen molar-refractivity contribution in [3.63, 3.8) is 0 Å². The number of carbonyl (C=O) groups is 3. The van der Waals surface area contributed by atoms with Crippen molar-refractivity contribution in [3.8, 4) is 0 Å². The third-order valence-electron chi connectivity index (χ3n) is 4.45. The van der Waals surface area contributed by atoms with Crippen LogP contribution in [0.3, 0.4) is 0 Å². The number of furan rings is 1. The Morgan fingerprint density at radius 1 is 1.03 bits per heavy atom. The van der Waals surface area contributed by atoms with E-state index in [-0.39, 0.29) is 12.8 Å². The fourth-order valence-corrected chi connectivity index (χ4v) is 2.87. The molecule has 0 aliphatic rings. The number of carboxylic acid groups (broad SMARTS) is 1. The zero-order valence-corrected chi connectivity index (χ0v) is 16.7. The summed E-state index contributed by atoms with van der Waals surface area (Å²) in [7, 11) is 0. The zero-order valence-electron chi connectivity index (χ0n) is 16.7. The summed E-state index contributed by atoms with van der Waals surface area (Å²) >= 11 is 0. The van der Waals surface area contributed by atoms with Crippen LogP contribution in [0.25, 0.3) is 6.08 Å². The van der Waals surface area contributed by atoms with Crippen LogP contribution in [0.15, 0.2) is 59.2 Å². The maximum atomic E-state index is 12.8. The van der Waals surface area contributed by atoms with E-state index < -0.39 is 29.9 Å². The Balaban J connectivity index is 2.07. The van der Waals surface area contributed by atoms with Gasteiger partial charge in [0.1, 0.15) is 11.8 Å². The molecule has 0 aliphatic carbocycles. The third-order valence-corrected chi connectivity index (χ3v) is 4.45. The van der Waals surface area contributed by atoms with Crippen LogP contribution < -0.4 is 21.5 Å². The number of rotatable bonds is 12. The molecule has 8 heteroatoms. The summed E-state index contributed by atoms with van der Waals surface area (Å²) in [5.74, 6) is -1.93. The minimum absolute atomic E-state index is 0.214. The van der Waals surface area contributed by atoms with Crippen molar-refractivity contribution in [2.24, 2.45) is 0 Å². The van der Waals surface area contributed by atoms with E-state index in [1.165, 1.54) is 18.4 Å². The van der Waals surface area contributed by atoms with Gasteiger partial charge in [-0.15, -0.1) is 0 Å². The van der Waals surface area contributed by atoms with Crippen LogP contribution in [-0.4, -0.2) is 36.4 Å². The largest absolute Gasteiger partial charge is 0.548 e. The molecule has 0 saturated carbocycles. The van der Waals surface area contributed by atoms with E-state index in [1.54, 1.807) is 12.1 Å². The van der Waals surface area contributed by atoms with Gasteiger partial charge in [-0.05, 0) is 43.0 Å². The number of amides is 2. The van der Waals surface area contributed by atoms with Gasteiger partial charge in [0.25, 0.3) is 0 Å². The van der Waals surface area contributed by atoms with Gasteiger partial charge < -0.3 is 30.7 Å². The first-order chi connectivity index (χ1) is 14.5. The fourth-order valence-electron chi connectivity index (χ4n) is 2.87. The molecule has 0 aliphatic heterocycles. The third kappa shape index (κ3) is 7.92. The summed E-state index contributed by atoms with van der Waals surface area (Å²) in [6.07, 6.45) is 6.03. The van der Waals surface area contributed by atoms with E-state index in [4.69, 9.17) is 4.42 Å². The molecule has 5 N–H and O–H groups in total. The Morgan fingerprint density at radius 3 is 2.43 bits per heavy atom. The molecule has 0 saturated heterocycles. The van der Waals surface area contributed by atoms with Gasteiger partial charge in [0.2, 0.25) is 11.8 Å². The predicted molar refractivity (Wildman–Crippen MR) is 108 cm³/mol. The van der Waals surface area contributed by atoms with Gasteiger partial charge in [-0.1, -0.05) is 30.3 Å². The molecule has 0 bridgehead atoms. The fraction of sp³-hybridized carbons (Fsp3) is 0.318. The molecule has 2 amide bonds. The molecule has 2 aromatic rings. The number of quaternary nitrogens is 1. The number of carbonyl (C=O) groups excluding carboxylic acids is 3. The minimum Gasteiger partial charge on any atom is -0.548 e. The molecule has 8 nitrogen and oxygen atoms in total. The van der Waals surface area contributed by atoms with Gasteiger partial charge in [-0.25, -0.2) is 0 Å². The zero-order chi connectivity index (χ0) is 21.8. The van der Waals surface area contributed by atoms with Crippen LogP contribution in [0.4, 0.5) is 0 Å². The maximum absolute atomic E-state index is 12.8. The second-order valence-electron chi connectivity index (χ2n) is 6.83. The van der Waals surface area contributed by atoms with Crippen molar-refractivity contribution in [2.45, 2.75) is 37.8 Å². The molecule has 0 unspecified atom stereocenters. The Morgan fingerprint density at radius 2 is 1.80 bits per heavy atom. The summed E-state index contributed by atoms with van der Waals surface area (Å²) in [5.41, 5.74) is 4.55. The molecule has 2 atom stereocenters. The Hall–Kier alpha value is -3.39. The molecule has 0 radical (unpaired) electrons. The van der Waals surface area contributed by atoms with Gasteiger partial charge in [0.15, 0.2) is 0 Å². The summed E-state index contributed by atoms with van der Waals surface area (Å²) < 4.78 is 5.13. The highest BCUT2D eigenvalue weighted by atomic mass is 16.4. The smallest absolute Gasteiger partial charge is 0.244 e. The van der Waals surface area contributed by atoms with E-state index in [0.29, 0.717) is 18.7 Å². The Labute approximate surface area is 175 Å². The summed E-state index contributed by atoms with van der Waals surface area (Å²) in [6, 6.07) is 10.5. The van der Waals surface area contributed by atoms with E-state index in [1.807, 2.05) is 30.3 Å². The van der Waals surface area contributed by atoms with E-state index in [0.717, 1.165) is 12.0 Å². The van der Waals surface area contributed by atoms with Crippen LogP contribution in [0.2, 0.25) is 0 Å². The van der Waals surface area contributed by atoms with Crippen LogP contribution >= 0.6 is 0 Å². The number of hydrogen-bond donors (Lipinski definition) is 3. The summed E-state index contributed by atoms with van der Waals surface area (Å²) in [5, 5.41) is 16.5. The topological polar surface area (TPSA) is 139 Å². The van der Waals surface area contributed by atoms with Crippen molar-refractivity contribution in [1.82, 2.24) is 10.6 Å². The lowest BCUT2D eigenvalue weighted by molar-refractivity contribution is -0.368. The normalized spacial score (nSPS) is 13.0. The molecular formula is C22H27N3O5. The van der Waals surface area contributed by atoms with Crippen molar-refractivity contribution in [1.29, 1.82) is 0 Å². The number of aliphatic carboxylic acids is 1. The van der Waals surface area contributed by atoms with E-state index in [2.05, 4.69) is 16.4 Å². The van der Waals surface area contributed by atoms with Crippen molar-refractivity contribution in [2.75, 3.05) is 6.54 Å². The van der Waals surface area contributed by atoms with Gasteiger partial charge in [-0.3, -0.25) is 9.59 Å². The van der Waals surface area contributed by atoms with Gasteiger partial charge in [0.05, 0.1) is 24.8 Å². The van der Waals surface area contributed by atoms with Crippen molar-refractivity contribution in [3.05, 3.63) is 66.1 Å². The van der Waals surface area contributed by atoms with Gasteiger partial charge in [-0.2, -0.15) is 0 Å². The van der Waals surface area contributed by atoms with Crippen LogP contribution in [-0.2, 0) is 20.8 Å². The second-order valence-corrected chi connectivity index (χ2v) is 6.83. The molecule has 30 heavy (non-hydrogen) atoms. The number of nitrogens with one attached hydrogen (secondary N) is 2. The highest BCUT2D eigenvalue weighted by Gasteiger charge is 2.23. The molecule has 2 rings (SSSR count). The maximum Gasteiger partial charge on any atom is 0.244 e. The SMILES string of the molecule is [NH3+]CCCC[C@H](NC(=O)[C@H](Cc1ccccc1)NC(=O)/C=C/c1ccco1)C(=O)[O-]. The van der Waals surface area contributed by atoms with Crippen LogP contribution in [0.1, 0.15) is 30.6 Å². The van der Waals surface area contributed by atoms with E-state index in [9.17, 15) is 19.5 Å². The monoisotopic (exact) mass is 413 g/mol. The lowest BCUT2D eigenvalue weighted by atomic mass is 10.0. The molecule has 1 aromatic heterocycles. The first kappa shape index (κ1) is 22.9. The van der Waals surface area contributed by atoms with Gasteiger partial charge in [0, 0.05) is 12.5 Å². The number of carboxylic acids is 1. The van der Waals surface area contributed by atoms with Gasteiger partial charge >= 0.3 is 0 Å². The molecule has 1 aromatic carbocycles. The number of benzene rings is 1. The average molecular weight is 413 g/mol. The first-order valence-electron chi connectivity index (χ1n) is 9.86. The number of hydrogen-bond acceptors (Lipinski definition) is 5. The molecule has 0 spiro atoms. The van der Waals surface area contributed by atoms with Crippen LogP contribution in [0, 0.1) is 0 Å². The summed E-state index contributed by atoms with van der Waals surface area (Å²) in [6.45, 7) is 0.683. The Bertz CT molecular complexity index is 834. The first-order valence-corrected chi connectivity index (χ1v) is 9.86. The average Bonchev–Trinajstić information content (AvgIpc) is 3.25.